The molecule has 0 aromatic rings. The first kappa shape index (κ1) is 13.9. The molecular weight excluding hydrogens is 256 g/mol. The molecule has 0 spiro atoms. The maximum Gasteiger partial charge on any atom is 0.169 e. The van der Waals surface area contributed by atoms with Crippen LogP contribution in [0.15, 0.2) is 0 Å². The molecule has 3 atom stereocenters. The first-order valence-corrected chi connectivity index (χ1v) is 6.33. The van der Waals surface area contributed by atoms with Crippen molar-refractivity contribution in [3.8, 4) is 18.2 Å². The fourth-order valence-electron chi connectivity index (χ4n) is 3.52. The van der Waals surface area contributed by atoms with Crippen LogP contribution < -0.4 is 0 Å². The average molecular weight is 268 g/mol. The van der Waals surface area contributed by atoms with Gasteiger partial charge >= 0.3 is 0 Å². The van der Waals surface area contributed by atoms with E-state index in [1.165, 1.54) is 0 Å². The molecule has 6 heteroatoms. The molecule has 20 heavy (non-hydrogen) atoms. The molecule has 0 saturated heterocycles. The van der Waals surface area contributed by atoms with Crippen LogP contribution in [0.3, 0.4) is 0 Å². The minimum absolute atomic E-state index is 0.181. The summed E-state index contributed by atoms with van der Waals surface area (Å²) < 4.78 is 0. The van der Waals surface area contributed by atoms with Crippen LogP contribution in [0, 0.1) is 62.1 Å². The van der Waals surface area contributed by atoms with Crippen LogP contribution >= 0.6 is 0 Å². The molecule has 0 amide bonds. The third-order valence-corrected chi connectivity index (χ3v) is 4.54. The summed E-state index contributed by atoms with van der Waals surface area (Å²) in [7, 11) is 0. The third kappa shape index (κ3) is 1.38. The van der Waals surface area contributed by atoms with E-state index in [-0.39, 0.29) is 17.9 Å². The first-order valence-electron chi connectivity index (χ1n) is 6.33. The molecule has 0 aliphatic heterocycles. The smallest absolute Gasteiger partial charge is 0.169 e. The van der Waals surface area contributed by atoms with Crippen LogP contribution in [0.5, 0.6) is 0 Å². The van der Waals surface area contributed by atoms with Gasteiger partial charge in [0.25, 0.3) is 0 Å². The molecule has 0 radical (unpaired) electrons. The van der Waals surface area contributed by atoms with Gasteiger partial charge in [-0.25, -0.2) is 0 Å². The van der Waals surface area contributed by atoms with Crippen molar-refractivity contribution >= 4 is 17.8 Å². The number of rotatable bonds is 2. The van der Waals surface area contributed by atoms with E-state index in [1.807, 2.05) is 18.2 Å². The number of carbonyl (C=O) groups excluding carboxylic acids is 2. The lowest BCUT2D eigenvalue weighted by Gasteiger charge is -2.34. The van der Waals surface area contributed by atoms with Gasteiger partial charge in [-0.05, 0) is 19.3 Å². The Kier molecular flexibility index (Phi) is 3.16. The molecule has 0 aromatic heterocycles. The minimum atomic E-state index is -1.80. The lowest BCUT2D eigenvalue weighted by molar-refractivity contribution is -0.123. The number of nitriles is 3. The lowest BCUT2D eigenvalue weighted by atomic mass is 9.59. The fraction of sp³-hybridized carbons (Fsp3) is 0.571. The van der Waals surface area contributed by atoms with Crippen molar-refractivity contribution in [1.29, 1.82) is 21.2 Å². The van der Waals surface area contributed by atoms with Gasteiger partial charge in [0.05, 0.1) is 24.1 Å². The minimum Gasteiger partial charge on any atom is -0.307 e. The molecule has 0 heterocycles. The van der Waals surface area contributed by atoms with Gasteiger partial charge in [-0.15, -0.1) is 0 Å². The molecule has 2 fully saturated rings. The zero-order valence-electron chi connectivity index (χ0n) is 10.7. The highest BCUT2D eigenvalue weighted by Crippen LogP contribution is 2.58. The summed E-state index contributed by atoms with van der Waals surface area (Å²) >= 11 is 0. The zero-order valence-corrected chi connectivity index (χ0v) is 10.7. The predicted octanol–water partition coefficient (Wildman–Crippen LogP) is 1.14. The van der Waals surface area contributed by atoms with E-state index in [4.69, 9.17) is 5.41 Å². The standard InChI is InChI=1S/C14H12N4O2/c15-6-13(7-16)4-9(5-19)12(18)14(13,8-17)10-2-1-3-11(10)20/h5,9-10,18H,1-4H2/t9?,10-,14+/m1/s1. The Labute approximate surface area is 116 Å². The molecule has 1 unspecified atom stereocenters. The summed E-state index contributed by atoms with van der Waals surface area (Å²) in [6.07, 6.45) is 1.56. The second-order valence-corrected chi connectivity index (χ2v) is 5.32. The summed E-state index contributed by atoms with van der Waals surface area (Å²) in [6.45, 7) is 0. The van der Waals surface area contributed by atoms with E-state index in [2.05, 4.69) is 0 Å². The Balaban J connectivity index is 2.70. The second kappa shape index (κ2) is 4.54. The monoisotopic (exact) mass is 268 g/mol. The highest BCUT2D eigenvalue weighted by Gasteiger charge is 2.69. The maximum atomic E-state index is 12.0. The number of hydrogen-bond donors (Lipinski definition) is 1. The summed E-state index contributed by atoms with van der Waals surface area (Å²) in [5, 5.41) is 36.6. The number of ketones is 1. The molecule has 2 rings (SSSR count). The van der Waals surface area contributed by atoms with Gasteiger partial charge in [0, 0.05) is 18.1 Å². The molecule has 100 valence electrons. The number of nitrogens with zero attached hydrogens (tertiary/aromatic N) is 3. The molecule has 6 nitrogen and oxygen atoms in total. The number of nitrogens with one attached hydrogen (secondary N) is 1. The van der Waals surface area contributed by atoms with Crippen LogP contribution in [0.1, 0.15) is 25.7 Å². The quantitative estimate of drug-likeness (QED) is 0.750. The Morgan fingerprint density at radius 2 is 1.90 bits per heavy atom. The average Bonchev–Trinajstić information content (AvgIpc) is 2.99. The summed E-state index contributed by atoms with van der Waals surface area (Å²) in [5.74, 6) is -1.97. The van der Waals surface area contributed by atoms with Gasteiger partial charge in [0.15, 0.2) is 5.41 Å². The Bertz CT molecular complexity index is 605. The van der Waals surface area contributed by atoms with Gasteiger partial charge in [-0.2, -0.15) is 15.8 Å². The first-order chi connectivity index (χ1) is 9.52. The Hall–Kier alpha value is -2.52. The van der Waals surface area contributed by atoms with Crippen molar-refractivity contribution in [3.05, 3.63) is 0 Å². The molecule has 0 bridgehead atoms. The van der Waals surface area contributed by atoms with E-state index >= 15 is 0 Å². The van der Waals surface area contributed by atoms with Crippen molar-refractivity contribution < 1.29 is 9.59 Å². The molecule has 2 aliphatic carbocycles. The topological polar surface area (TPSA) is 129 Å². The second-order valence-electron chi connectivity index (χ2n) is 5.32. The molecule has 2 aliphatic rings. The van der Waals surface area contributed by atoms with E-state index in [1.54, 1.807) is 0 Å². The predicted molar refractivity (Wildman–Crippen MR) is 66.0 cm³/mol. The SMILES string of the molecule is N#CC1(C#N)CC(C=O)C(=N)[C@]1(C#N)[C@@H]1CCCC1=O. The number of carbonyl (C=O) groups is 2. The molecule has 1 N–H and O–H groups in total. The van der Waals surface area contributed by atoms with Crippen LogP contribution in [0.2, 0.25) is 0 Å². The van der Waals surface area contributed by atoms with E-state index in [9.17, 15) is 25.4 Å². The van der Waals surface area contributed by atoms with E-state index in [0.29, 0.717) is 25.5 Å². The fourth-order valence-corrected chi connectivity index (χ4v) is 3.52. The van der Waals surface area contributed by atoms with Gasteiger partial charge in [-0.1, -0.05) is 0 Å². The number of hydrogen-bond acceptors (Lipinski definition) is 6. The molecular formula is C14H12N4O2. The van der Waals surface area contributed by atoms with Crippen molar-refractivity contribution in [1.82, 2.24) is 0 Å². The van der Waals surface area contributed by atoms with Gasteiger partial charge in [0.2, 0.25) is 0 Å². The van der Waals surface area contributed by atoms with Crippen molar-refractivity contribution in [2.45, 2.75) is 25.7 Å². The van der Waals surface area contributed by atoms with Gasteiger partial charge in [-0.3, -0.25) is 4.79 Å². The third-order valence-electron chi connectivity index (χ3n) is 4.54. The Morgan fingerprint density at radius 1 is 1.25 bits per heavy atom. The molecule has 2 saturated carbocycles. The summed E-state index contributed by atoms with van der Waals surface area (Å²) in [5.41, 5.74) is -3.83. The number of aldehydes is 1. The lowest BCUT2D eigenvalue weighted by Crippen LogP contribution is -2.47. The summed E-state index contributed by atoms with van der Waals surface area (Å²) in [6, 6.07) is 5.56. The molecule has 0 aromatic carbocycles. The van der Waals surface area contributed by atoms with E-state index in [0.717, 1.165) is 0 Å². The van der Waals surface area contributed by atoms with Crippen molar-refractivity contribution in [2.24, 2.45) is 22.7 Å². The van der Waals surface area contributed by atoms with Gasteiger partial charge in [0.1, 0.15) is 17.5 Å². The van der Waals surface area contributed by atoms with Crippen LogP contribution in [0.25, 0.3) is 0 Å². The largest absolute Gasteiger partial charge is 0.307 e. The highest BCUT2D eigenvalue weighted by atomic mass is 16.1. The maximum absolute atomic E-state index is 12.0. The zero-order chi connectivity index (χ0) is 15.0. The van der Waals surface area contributed by atoms with Gasteiger partial charge < -0.3 is 10.2 Å². The van der Waals surface area contributed by atoms with Crippen molar-refractivity contribution in [3.63, 3.8) is 0 Å². The van der Waals surface area contributed by atoms with Crippen LogP contribution in [0.4, 0.5) is 0 Å². The van der Waals surface area contributed by atoms with Crippen molar-refractivity contribution in [2.75, 3.05) is 0 Å². The highest BCUT2D eigenvalue weighted by molar-refractivity contribution is 6.07. The van der Waals surface area contributed by atoms with E-state index < -0.39 is 22.7 Å². The van der Waals surface area contributed by atoms with Crippen LogP contribution in [-0.4, -0.2) is 17.8 Å². The van der Waals surface area contributed by atoms with Crippen LogP contribution in [-0.2, 0) is 9.59 Å². The summed E-state index contributed by atoms with van der Waals surface area (Å²) in [4.78, 5) is 23.1. The Morgan fingerprint density at radius 3 is 2.30 bits per heavy atom. The number of Topliss-reactive ketones (excluding diaryl/α,β-unsaturated/α-hetero) is 1. The normalized spacial score (nSPS) is 35.0.